The number of imide groups is 1. The van der Waals surface area contributed by atoms with Gasteiger partial charge in [0.05, 0.1) is 23.3 Å². The van der Waals surface area contributed by atoms with Crippen LogP contribution in [0, 0.1) is 25.7 Å². The van der Waals surface area contributed by atoms with Crippen LogP contribution < -0.4 is 4.72 Å². The normalized spacial score (nSPS) is 21.6. The van der Waals surface area contributed by atoms with Crippen molar-refractivity contribution in [1.29, 1.82) is 0 Å². The van der Waals surface area contributed by atoms with Crippen molar-refractivity contribution in [1.82, 2.24) is 4.90 Å². The van der Waals surface area contributed by atoms with Crippen LogP contribution in [0.1, 0.15) is 42.4 Å². The zero-order chi connectivity index (χ0) is 21.5. The van der Waals surface area contributed by atoms with Crippen LogP contribution in [0.4, 0.5) is 5.69 Å². The summed E-state index contributed by atoms with van der Waals surface area (Å²) in [5.41, 5.74) is 2.68. The van der Waals surface area contributed by atoms with Crippen LogP contribution >= 0.6 is 0 Å². The van der Waals surface area contributed by atoms with Gasteiger partial charge in [0.1, 0.15) is 0 Å². The Morgan fingerprint density at radius 3 is 2.27 bits per heavy atom. The number of anilines is 1. The van der Waals surface area contributed by atoms with Crippen LogP contribution in [0.3, 0.4) is 0 Å². The van der Waals surface area contributed by atoms with Gasteiger partial charge in [0.25, 0.3) is 10.0 Å². The van der Waals surface area contributed by atoms with Crippen molar-refractivity contribution in [2.75, 3.05) is 4.72 Å². The second-order valence-corrected chi connectivity index (χ2v) is 9.99. The smallest absolute Gasteiger partial charge is 0.262 e. The minimum atomic E-state index is -3.80. The number of fused-ring (bicyclic) bond motifs is 1. The average molecular weight is 427 g/mol. The molecule has 1 N–H and O–H groups in total. The van der Waals surface area contributed by atoms with Gasteiger partial charge in [-0.2, -0.15) is 0 Å². The fourth-order valence-corrected chi connectivity index (χ4v) is 5.87. The van der Waals surface area contributed by atoms with Crippen molar-refractivity contribution in [2.24, 2.45) is 11.8 Å². The lowest BCUT2D eigenvalue weighted by atomic mass is 9.81. The van der Waals surface area contributed by atoms with E-state index in [4.69, 9.17) is 0 Å². The summed E-state index contributed by atoms with van der Waals surface area (Å²) >= 11 is 0. The van der Waals surface area contributed by atoms with Crippen molar-refractivity contribution in [3.63, 3.8) is 0 Å². The van der Waals surface area contributed by atoms with Gasteiger partial charge in [-0.05, 0) is 61.6 Å². The Bertz CT molecular complexity index is 1090. The number of hydrogen-bond acceptors (Lipinski definition) is 4. The highest BCUT2D eigenvalue weighted by molar-refractivity contribution is 7.92. The number of carbonyl (C=O) groups excluding carboxylic acids is 2. The summed E-state index contributed by atoms with van der Waals surface area (Å²) in [4.78, 5) is 27.0. The quantitative estimate of drug-likeness (QED) is 0.738. The van der Waals surface area contributed by atoms with Crippen molar-refractivity contribution in [3.05, 3.63) is 59.2 Å². The van der Waals surface area contributed by atoms with Crippen molar-refractivity contribution in [2.45, 2.75) is 51.0 Å². The molecule has 2 atom stereocenters. The van der Waals surface area contributed by atoms with E-state index >= 15 is 0 Å². The van der Waals surface area contributed by atoms with E-state index in [9.17, 15) is 18.0 Å². The minimum Gasteiger partial charge on any atom is -0.280 e. The average Bonchev–Trinajstić information content (AvgIpc) is 2.94. The number of rotatable bonds is 5. The van der Waals surface area contributed by atoms with Crippen LogP contribution in [0.2, 0.25) is 0 Å². The number of benzene rings is 2. The molecule has 0 unspecified atom stereocenters. The largest absolute Gasteiger partial charge is 0.280 e. The van der Waals surface area contributed by atoms with Gasteiger partial charge >= 0.3 is 0 Å². The lowest BCUT2D eigenvalue weighted by Crippen LogP contribution is -2.30. The predicted molar refractivity (Wildman–Crippen MR) is 114 cm³/mol. The molecule has 30 heavy (non-hydrogen) atoms. The van der Waals surface area contributed by atoms with Crippen LogP contribution in [0.15, 0.2) is 47.4 Å². The highest BCUT2D eigenvalue weighted by atomic mass is 32.2. The molecular formula is C23H26N2O4S. The summed E-state index contributed by atoms with van der Waals surface area (Å²) < 4.78 is 28.6. The molecule has 158 valence electrons. The first-order valence-corrected chi connectivity index (χ1v) is 11.8. The third-order valence-corrected chi connectivity index (χ3v) is 7.61. The summed E-state index contributed by atoms with van der Waals surface area (Å²) in [5.74, 6) is -0.647. The van der Waals surface area contributed by atoms with Gasteiger partial charge in [-0.15, -0.1) is 0 Å². The first-order chi connectivity index (χ1) is 14.3. The molecule has 0 bridgehead atoms. The van der Waals surface area contributed by atoms with Gasteiger partial charge in [0.15, 0.2) is 0 Å². The number of aryl methyl sites for hydroxylation is 2. The van der Waals surface area contributed by atoms with E-state index in [1.54, 1.807) is 43.3 Å². The van der Waals surface area contributed by atoms with Gasteiger partial charge < -0.3 is 0 Å². The zero-order valence-electron chi connectivity index (χ0n) is 17.2. The summed E-state index contributed by atoms with van der Waals surface area (Å²) in [6, 6.07) is 12.2. The molecule has 6 nitrogen and oxygen atoms in total. The molecule has 2 aromatic carbocycles. The second kappa shape index (κ2) is 7.87. The summed E-state index contributed by atoms with van der Waals surface area (Å²) in [7, 11) is -3.80. The van der Waals surface area contributed by atoms with E-state index in [1.165, 1.54) is 4.90 Å². The maximum absolute atomic E-state index is 13.0. The lowest BCUT2D eigenvalue weighted by Gasteiger charge is -2.19. The maximum atomic E-state index is 13.0. The zero-order valence-corrected chi connectivity index (χ0v) is 18.0. The third-order valence-electron chi connectivity index (χ3n) is 6.09. The molecule has 2 amide bonds. The van der Waals surface area contributed by atoms with E-state index in [-0.39, 0.29) is 35.1 Å². The molecule has 7 heteroatoms. The Hall–Kier alpha value is -2.67. The van der Waals surface area contributed by atoms with E-state index < -0.39 is 10.0 Å². The summed E-state index contributed by atoms with van der Waals surface area (Å²) in [6.45, 7) is 3.73. The number of amides is 2. The molecule has 1 heterocycles. The van der Waals surface area contributed by atoms with Crippen molar-refractivity contribution < 1.29 is 18.0 Å². The first-order valence-electron chi connectivity index (χ1n) is 10.3. The number of nitrogens with zero attached hydrogens (tertiary/aromatic N) is 1. The Balaban J connectivity index is 1.59. The van der Waals surface area contributed by atoms with E-state index in [0.717, 1.165) is 31.2 Å². The molecule has 1 aliphatic carbocycles. The maximum Gasteiger partial charge on any atom is 0.262 e. The van der Waals surface area contributed by atoms with Crippen LogP contribution in [-0.2, 0) is 26.2 Å². The number of sulfonamides is 1. The summed E-state index contributed by atoms with van der Waals surface area (Å²) in [6.07, 6.45) is 3.48. The van der Waals surface area contributed by atoms with E-state index in [1.807, 2.05) is 13.0 Å². The first kappa shape index (κ1) is 20.6. The van der Waals surface area contributed by atoms with Gasteiger partial charge in [0, 0.05) is 5.69 Å². The summed E-state index contributed by atoms with van der Waals surface area (Å²) in [5, 5.41) is 0. The van der Waals surface area contributed by atoms with Gasteiger partial charge in [0.2, 0.25) is 11.8 Å². The SMILES string of the molecule is Cc1cccc(NS(=O)(=O)c2cc(CN3C(=O)[C@H]4CCCC[C@H]4C3=O)ccc2C)c1. The van der Waals surface area contributed by atoms with Crippen LogP contribution in [0.25, 0.3) is 0 Å². The lowest BCUT2D eigenvalue weighted by molar-refractivity contribution is -0.140. The van der Waals surface area contributed by atoms with Crippen LogP contribution in [-0.4, -0.2) is 25.1 Å². The van der Waals surface area contributed by atoms with Crippen molar-refractivity contribution in [3.8, 4) is 0 Å². The molecule has 0 spiro atoms. The number of carbonyl (C=O) groups is 2. The molecule has 4 rings (SSSR count). The number of hydrogen-bond donors (Lipinski definition) is 1. The highest BCUT2D eigenvalue weighted by Crippen LogP contribution is 2.38. The van der Waals surface area contributed by atoms with Crippen LogP contribution in [0.5, 0.6) is 0 Å². The minimum absolute atomic E-state index is 0.109. The molecule has 1 saturated heterocycles. The number of nitrogens with one attached hydrogen (secondary N) is 1. The second-order valence-electron chi connectivity index (χ2n) is 8.33. The molecule has 2 aromatic rings. The molecule has 0 aromatic heterocycles. The molecule has 0 radical (unpaired) electrons. The Morgan fingerprint density at radius 2 is 1.63 bits per heavy atom. The third kappa shape index (κ3) is 3.86. The van der Waals surface area contributed by atoms with Gasteiger partial charge in [-0.3, -0.25) is 19.2 Å². The monoisotopic (exact) mass is 426 g/mol. The van der Waals surface area contributed by atoms with Gasteiger partial charge in [-0.1, -0.05) is 37.1 Å². The Morgan fingerprint density at radius 1 is 0.967 bits per heavy atom. The topological polar surface area (TPSA) is 83.6 Å². The van der Waals surface area contributed by atoms with E-state index in [2.05, 4.69) is 4.72 Å². The Labute approximate surface area is 177 Å². The van der Waals surface area contributed by atoms with E-state index in [0.29, 0.717) is 16.8 Å². The fourth-order valence-electron chi connectivity index (χ4n) is 4.52. The fraction of sp³-hybridized carbons (Fsp3) is 0.391. The molecule has 1 saturated carbocycles. The van der Waals surface area contributed by atoms with Crippen molar-refractivity contribution >= 4 is 27.5 Å². The predicted octanol–water partition coefficient (Wildman–Crippen LogP) is 3.78. The Kier molecular flexibility index (Phi) is 5.40. The van der Waals surface area contributed by atoms with Gasteiger partial charge in [-0.25, -0.2) is 8.42 Å². The highest BCUT2D eigenvalue weighted by Gasteiger charge is 2.47. The molecule has 2 aliphatic rings. The molecule has 1 aliphatic heterocycles. The standard InChI is InChI=1S/C23H26N2O4S/c1-15-6-5-7-18(12-15)24-30(28,29)21-13-17(11-10-16(21)2)14-25-22(26)19-8-3-4-9-20(19)23(25)27/h5-7,10-13,19-20,24H,3-4,8-9,14H2,1-2H3/t19-,20+. The molecular weight excluding hydrogens is 400 g/mol. The molecule has 2 fully saturated rings. The number of likely N-dealkylation sites (tertiary alicyclic amines) is 1.